The van der Waals surface area contributed by atoms with Crippen molar-refractivity contribution in [1.82, 2.24) is 5.32 Å². The third-order valence-corrected chi connectivity index (χ3v) is 5.50. The molecule has 1 atom stereocenters. The van der Waals surface area contributed by atoms with Crippen LogP contribution in [-0.2, 0) is 9.59 Å². The zero-order valence-electron chi connectivity index (χ0n) is 18.0. The number of hydrogen-bond donors (Lipinski definition) is 3. The van der Waals surface area contributed by atoms with Gasteiger partial charge in [-0.2, -0.15) is 0 Å². The van der Waals surface area contributed by atoms with Gasteiger partial charge in [-0.25, -0.2) is 4.79 Å². The SMILES string of the molecule is COc1ccc(N2CC(C(=O)Nc3ccc(NC(=O)NC4CC4)cc3)CC2=O)c(OC)c1. The maximum atomic E-state index is 12.8. The van der Waals surface area contributed by atoms with E-state index < -0.39 is 5.92 Å². The highest BCUT2D eigenvalue weighted by Gasteiger charge is 2.36. The highest BCUT2D eigenvalue weighted by Crippen LogP contribution is 2.36. The number of urea groups is 1. The van der Waals surface area contributed by atoms with Crippen LogP contribution in [-0.4, -0.2) is 44.7 Å². The number of carbonyl (C=O) groups excluding carboxylic acids is 3. The number of ether oxygens (including phenoxy) is 2. The maximum Gasteiger partial charge on any atom is 0.319 e. The number of amides is 4. The lowest BCUT2D eigenvalue weighted by Gasteiger charge is -2.20. The Hall–Kier alpha value is -3.75. The number of hydrogen-bond acceptors (Lipinski definition) is 5. The Morgan fingerprint density at radius 1 is 0.969 bits per heavy atom. The van der Waals surface area contributed by atoms with Crippen molar-refractivity contribution in [3.05, 3.63) is 42.5 Å². The lowest BCUT2D eigenvalue weighted by atomic mass is 10.1. The van der Waals surface area contributed by atoms with Gasteiger partial charge in [-0.05, 0) is 49.2 Å². The van der Waals surface area contributed by atoms with E-state index in [0.717, 1.165) is 12.8 Å². The van der Waals surface area contributed by atoms with E-state index in [1.54, 1.807) is 54.5 Å². The van der Waals surface area contributed by atoms with Gasteiger partial charge in [0.25, 0.3) is 0 Å². The van der Waals surface area contributed by atoms with Crippen molar-refractivity contribution in [1.29, 1.82) is 0 Å². The van der Waals surface area contributed by atoms with Crippen molar-refractivity contribution in [3.63, 3.8) is 0 Å². The summed E-state index contributed by atoms with van der Waals surface area (Å²) < 4.78 is 10.6. The monoisotopic (exact) mass is 438 g/mol. The van der Waals surface area contributed by atoms with Crippen LogP contribution in [0.15, 0.2) is 42.5 Å². The second-order valence-electron chi connectivity index (χ2n) is 7.88. The standard InChI is InChI=1S/C23H26N4O5/c1-31-18-9-10-19(20(12-18)32-2)27-13-14(11-21(27)28)22(29)24-15-3-5-16(6-4-15)25-23(30)26-17-7-8-17/h3-6,9-10,12,14,17H,7-8,11,13H2,1-2H3,(H,24,29)(H2,25,26,30). The van der Waals surface area contributed by atoms with Crippen molar-refractivity contribution < 1.29 is 23.9 Å². The predicted octanol–water partition coefficient (Wildman–Crippen LogP) is 2.98. The molecule has 3 N–H and O–H groups in total. The molecule has 4 rings (SSSR count). The molecular formula is C23H26N4O5. The number of carbonyl (C=O) groups is 3. The minimum absolute atomic E-state index is 0.113. The molecule has 168 valence electrons. The van der Waals surface area contributed by atoms with Crippen LogP contribution in [0.25, 0.3) is 0 Å². The third-order valence-electron chi connectivity index (χ3n) is 5.50. The Morgan fingerprint density at radius 3 is 2.28 bits per heavy atom. The minimum Gasteiger partial charge on any atom is -0.497 e. The fourth-order valence-corrected chi connectivity index (χ4v) is 3.59. The number of anilines is 3. The number of nitrogens with one attached hydrogen (secondary N) is 3. The van der Waals surface area contributed by atoms with Crippen LogP contribution in [0.3, 0.4) is 0 Å². The van der Waals surface area contributed by atoms with Gasteiger partial charge in [0.15, 0.2) is 0 Å². The van der Waals surface area contributed by atoms with Crippen molar-refractivity contribution in [2.24, 2.45) is 5.92 Å². The number of methoxy groups -OCH3 is 2. The van der Waals surface area contributed by atoms with Crippen LogP contribution in [0.1, 0.15) is 19.3 Å². The number of rotatable bonds is 7. The van der Waals surface area contributed by atoms with E-state index in [0.29, 0.717) is 28.6 Å². The highest BCUT2D eigenvalue weighted by molar-refractivity contribution is 6.04. The van der Waals surface area contributed by atoms with E-state index in [-0.39, 0.29) is 36.9 Å². The van der Waals surface area contributed by atoms with Crippen LogP contribution >= 0.6 is 0 Å². The first-order valence-corrected chi connectivity index (χ1v) is 10.5. The molecule has 9 nitrogen and oxygen atoms in total. The lowest BCUT2D eigenvalue weighted by molar-refractivity contribution is -0.122. The molecule has 32 heavy (non-hydrogen) atoms. The molecule has 2 aromatic rings. The molecule has 4 amide bonds. The largest absolute Gasteiger partial charge is 0.497 e. The van der Waals surface area contributed by atoms with Crippen LogP contribution in [0.5, 0.6) is 11.5 Å². The molecule has 1 heterocycles. The van der Waals surface area contributed by atoms with Crippen molar-refractivity contribution in [3.8, 4) is 11.5 Å². The summed E-state index contributed by atoms with van der Waals surface area (Å²) in [7, 11) is 3.08. The average molecular weight is 438 g/mol. The predicted molar refractivity (Wildman–Crippen MR) is 120 cm³/mol. The molecule has 2 aromatic carbocycles. The lowest BCUT2D eigenvalue weighted by Crippen LogP contribution is -2.30. The van der Waals surface area contributed by atoms with Crippen LogP contribution in [0, 0.1) is 5.92 Å². The molecule has 0 spiro atoms. The highest BCUT2D eigenvalue weighted by atomic mass is 16.5. The molecule has 0 radical (unpaired) electrons. The molecule has 9 heteroatoms. The van der Waals surface area contributed by atoms with E-state index in [1.807, 2.05) is 0 Å². The topological polar surface area (TPSA) is 109 Å². The maximum absolute atomic E-state index is 12.8. The second-order valence-corrected chi connectivity index (χ2v) is 7.88. The smallest absolute Gasteiger partial charge is 0.319 e. The molecule has 0 aromatic heterocycles. The normalized spacial score (nSPS) is 17.6. The Balaban J connectivity index is 1.36. The van der Waals surface area contributed by atoms with Crippen LogP contribution < -0.4 is 30.3 Å². The molecule has 0 bridgehead atoms. The number of nitrogens with zero attached hydrogens (tertiary/aromatic N) is 1. The first-order chi connectivity index (χ1) is 15.5. The molecule has 2 fully saturated rings. The van der Waals surface area contributed by atoms with E-state index in [2.05, 4.69) is 16.0 Å². The second kappa shape index (κ2) is 9.17. The van der Waals surface area contributed by atoms with Crippen molar-refractivity contribution >= 4 is 34.9 Å². The van der Waals surface area contributed by atoms with Gasteiger partial charge < -0.3 is 30.3 Å². The minimum atomic E-state index is -0.489. The molecule has 1 unspecified atom stereocenters. The molecular weight excluding hydrogens is 412 g/mol. The summed E-state index contributed by atoms with van der Waals surface area (Å²) in [4.78, 5) is 38.7. The molecule has 1 aliphatic heterocycles. The fourth-order valence-electron chi connectivity index (χ4n) is 3.59. The number of benzene rings is 2. The van der Waals surface area contributed by atoms with Crippen LogP contribution in [0.4, 0.5) is 21.9 Å². The summed E-state index contributed by atoms with van der Waals surface area (Å²) >= 11 is 0. The van der Waals surface area contributed by atoms with Gasteiger partial charge in [0, 0.05) is 36.4 Å². The van der Waals surface area contributed by atoms with E-state index >= 15 is 0 Å². The Morgan fingerprint density at radius 2 is 1.66 bits per heavy atom. The average Bonchev–Trinajstić information content (AvgIpc) is 3.52. The third kappa shape index (κ3) is 4.93. The Kier molecular flexibility index (Phi) is 6.16. The van der Waals surface area contributed by atoms with Gasteiger partial charge in [-0.15, -0.1) is 0 Å². The summed E-state index contributed by atoms with van der Waals surface area (Å²) in [6.45, 7) is 0.258. The van der Waals surface area contributed by atoms with Crippen LogP contribution in [0.2, 0.25) is 0 Å². The molecule has 1 saturated carbocycles. The molecule has 1 aliphatic carbocycles. The van der Waals surface area contributed by atoms with Gasteiger partial charge in [0.05, 0.1) is 25.8 Å². The zero-order valence-corrected chi connectivity index (χ0v) is 18.0. The Labute approximate surface area is 186 Å². The summed E-state index contributed by atoms with van der Waals surface area (Å²) in [5.41, 5.74) is 1.83. The van der Waals surface area contributed by atoms with Gasteiger partial charge in [-0.3, -0.25) is 9.59 Å². The van der Waals surface area contributed by atoms with Gasteiger partial charge in [0.1, 0.15) is 11.5 Å². The summed E-state index contributed by atoms with van der Waals surface area (Å²) in [6.07, 6.45) is 2.15. The van der Waals surface area contributed by atoms with Gasteiger partial charge in [0.2, 0.25) is 11.8 Å². The summed E-state index contributed by atoms with van der Waals surface area (Å²) in [5, 5.41) is 8.46. The van der Waals surface area contributed by atoms with E-state index in [1.165, 1.54) is 7.11 Å². The summed E-state index contributed by atoms with van der Waals surface area (Å²) in [6, 6.07) is 12.1. The molecule has 2 aliphatic rings. The van der Waals surface area contributed by atoms with E-state index in [4.69, 9.17) is 9.47 Å². The molecule has 1 saturated heterocycles. The first-order valence-electron chi connectivity index (χ1n) is 10.5. The summed E-state index contributed by atoms with van der Waals surface area (Å²) in [5.74, 6) is 0.258. The van der Waals surface area contributed by atoms with Crippen molar-refractivity contribution in [2.75, 3.05) is 36.3 Å². The zero-order chi connectivity index (χ0) is 22.7. The van der Waals surface area contributed by atoms with Crippen molar-refractivity contribution in [2.45, 2.75) is 25.3 Å². The Bertz CT molecular complexity index is 1020. The quantitative estimate of drug-likeness (QED) is 0.616. The van der Waals surface area contributed by atoms with Gasteiger partial charge >= 0.3 is 6.03 Å². The van der Waals surface area contributed by atoms with Gasteiger partial charge in [-0.1, -0.05) is 0 Å². The fraction of sp³-hybridized carbons (Fsp3) is 0.348. The van der Waals surface area contributed by atoms with E-state index in [9.17, 15) is 14.4 Å². The first kappa shape index (κ1) is 21.5.